The van der Waals surface area contributed by atoms with Crippen LogP contribution >= 0.6 is 0 Å². The molecular weight excluding hydrogens is 526 g/mol. The number of hydrogen-bond donors (Lipinski definition) is 3. The number of hydrogen-bond acceptors (Lipinski definition) is 8. The van der Waals surface area contributed by atoms with Crippen LogP contribution in [0.1, 0.15) is 61.3 Å². The number of carbonyl (C=O) groups is 2. The fourth-order valence-corrected chi connectivity index (χ4v) is 5.48. The highest BCUT2D eigenvalue weighted by atomic mass is 16.7. The van der Waals surface area contributed by atoms with Crippen molar-refractivity contribution in [2.75, 3.05) is 40.0 Å². The van der Waals surface area contributed by atoms with E-state index in [1.807, 2.05) is 48.5 Å². The summed E-state index contributed by atoms with van der Waals surface area (Å²) >= 11 is 0. The van der Waals surface area contributed by atoms with Crippen molar-refractivity contribution in [2.45, 2.75) is 64.4 Å². The van der Waals surface area contributed by atoms with Crippen molar-refractivity contribution >= 4 is 12.0 Å². The fourth-order valence-electron chi connectivity index (χ4n) is 5.48. The molecule has 5 atom stereocenters. The molecule has 4 rings (SSSR count). The molecule has 2 amide bonds. The van der Waals surface area contributed by atoms with E-state index in [2.05, 4.69) is 22.5 Å². The van der Waals surface area contributed by atoms with Crippen LogP contribution in [-0.4, -0.2) is 74.1 Å². The Morgan fingerprint density at radius 1 is 1.02 bits per heavy atom. The molecule has 2 aromatic carbocycles. The van der Waals surface area contributed by atoms with Gasteiger partial charge in [-0.15, -0.1) is 0 Å². The molecule has 0 saturated carbocycles. The van der Waals surface area contributed by atoms with Crippen LogP contribution in [0, 0.1) is 5.92 Å². The van der Waals surface area contributed by atoms with E-state index < -0.39 is 18.3 Å². The number of benzene rings is 2. The molecule has 41 heavy (non-hydrogen) atoms. The summed E-state index contributed by atoms with van der Waals surface area (Å²) in [6.07, 6.45) is 1.48. The number of esters is 1. The molecule has 2 aliphatic rings. The lowest BCUT2D eigenvalue weighted by Gasteiger charge is -2.43. The molecular formula is C31H43N3O7. The van der Waals surface area contributed by atoms with Crippen molar-refractivity contribution in [1.82, 2.24) is 15.5 Å². The first-order valence-corrected chi connectivity index (χ1v) is 14.4. The second-order valence-corrected chi connectivity index (χ2v) is 10.7. The van der Waals surface area contributed by atoms with Crippen LogP contribution in [0.15, 0.2) is 48.5 Å². The smallest absolute Gasteiger partial charge is 0.325 e. The van der Waals surface area contributed by atoms with Gasteiger partial charge in [-0.25, -0.2) is 4.79 Å². The van der Waals surface area contributed by atoms with Crippen LogP contribution < -0.4 is 10.6 Å². The van der Waals surface area contributed by atoms with E-state index in [9.17, 15) is 14.7 Å². The summed E-state index contributed by atoms with van der Waals surface area (Å²) in [4.78, 5) is 25.9. The molecule has 0 bridgehead atoms. The molecule has 10 nitrogen and oxygen atoms in total. The Morgan fingerprint density at radius 3 is 2.41 bits per heavy atom. The number of methoxy groups -OCH3 is 1. The predicted molar refractivity (Wildman–Crippen MR) is 153 cm³/mol. The SMILES string of the molecule is CCOC(=O)CNC(=O)NCc1ccc([C@@H]2O[C@H](CN3CCC[C@H]3COC)[C@H](C)[C@H](c3ccc(CO)cc3)O2)cc1. The Bertz CT molecular complexity index is 1110. The van der Waals surface area contributed by atoms with E-state index >= 15 is 0 Å². The highest BCUT2D eigenvalue weighted by Gasteiger charge is 2.40. The summed E-state index contributed by atoms with van der Waals surface area (Å²) in [5, 5.41) is 14.7. The number of ether oxygens (including phenoxy) is 4. The average molecular weight is 570 g/mol. The van der Waals surface area contributed by atoms with Gasteiger partial charge in [0.05, 0.1) is 32.0 Å². The molecule has 10 heteroatoms. The number of nitrogens with one attached hydrogen (secondary N) is 2. The summed E-state index contributed by atoms with van der Waals surface area (Å²) in [6, 6.07) is 15.6. The predicted octanol–water partition coefficient (Wildman–Crippen LogP) is 3.44. The molecule has 0 aliphatic carbocycles. The highest BCUT2D eigenvalue weighted by molar-refractivity contribution is 5.80. The van der Waals surface area contributed by atoms with Gasteiger partial charge in [-0.05, 0) is 43.0 Å². The fraction of sp³-hybridized carbons (Fsp3) is 0.548. The maximum Gasteiger partial charge on any atom is 0.325 e. The summed E-state index contributed by atoms with van der Waals surface area (Å²) in [5.41, 5.74) is 3.71. The topological polar surface area (TPSA) is 119 Å². The zero-order chi connectivity index (χ0) is 29.2. The second kappa shape index (κ2) is 15.3. The van der Waals surface area contributed by atoms with Crippen LogP contribution in [0.25, 0.3) is 0 Å². The van der Waals surface area contributed by atoms with Crippen LogP contribution in [-0.2, 0) is 36.9 Å². The lowest BCUT2D eigenvalue weighted by molar-refractivity contribution is -0.276. The highest BCUT2D eigenvalue weighted by Crippen LogP contribution is 2.42. The molecule has 2 aliphatic heterocycles. The van der Waals surface area contributed by atoms with Gasteiger partial charge in [0.25, 0.3) is 0 Å². The molecule has 2 saturated heterocycles. The minimum atomic E-state index is -0.558. The van der Waals surface area contributed by atoms with Crippen LogP contribution in [0.5, 0.6) is 0 Å². The largest absolute Gasteiger partial charge is 0.465 e. The van der Waals surface area contributed by atoms with Crippen molar-refractivity contribution in [3.05, 3.63) is 70.8 Å². The first-order chi connectivity index (χ1) is 19.9. The molecule has 0 aromatic heterocycles. The number of rotatable bonds is 12. The Balaban J connectivity index is 1.44. The van der Waals surface area contributed by atoms with Gasteiger partial charge in [0.2, 0.25) is 0 Å². The van der Waals surface area contributed by atoms with E-state index in [0.29, 0.717) is 19.2 Å². The van der Waals surface area contributed by atoms with Gasteiger partial charge < -0.3 is 34.7 Å². The average Bonchev–Trinajstić information content (AvgIpc) is 3.43. The third-order valence-corrected chi connectivity index (χ3v) is 7.80. The van der Waals surface area contributed by atoms with Crippen molar-refractivity contribution in [3.8, 4) is 0 Å². The molecule has 0 radical (unpaired) electrons. The normalized spacial score (nSPS) is 24.6. The van der Waals surface area contributed by atoms with Crippen molar-refractivity contribution in [3.63, 3.8) is 0 Å². The zero-order valence-electron chi connectivity index (χ0n) is 24.2. The van der Waals surface area contributed by atoms with Crippen molar-refractivity contribution in [1.29, 1.82) is 0 Å². The van der Waals surface area contributed by atoms with Crippen LogP contribution in [0.2, 0.25) is 0 Å². The third-order valence-electron chi connectivity index (χ3n) is 7.80. The van der Waals surface area contributed by atoms with E-state index in [1.165, 1.54) is 0 Å². The molecule has 0 unspecified atom stereocenters. The number of nitrogens with zero attached hydrogens (tertiary/aromatic N) is 1. The van der Waals surface area contributed by atoms with Crippen LogP contribution in [0.4, 0.5) is 4.79 Å². The first-order valence-electron chi connectivity index (χ1n) is 14.4. The summed E-state index contributed by atoms with van der Waals surface area (Å²) in [6.45, 7) is 6.82. The molecule has 224 valence electrons. The molecule has 0 spiro atoms. The third kappa shape index (κ3) is 8.50. The minimum absolute atomic E-state index is 0.000170. The van der Waals surface area contributed by atoms with E-state index in [4.69, 9.17) is 18.9 Å². The van der Waals surface area contributed by atoms with E-state index in [0.717, 1.165) is 48.2 Å². The molecule has 2 heterocycles. The van der Waals surface area contributed by atoms with Gasteiger partial charge in [-0.1, -0.05) is 55.5 Å². The number of aliphatic hydroxyl groups is 1. The summed E-state index contributed by atoms with van der Waals surface area (Å²) in [5.74, 6) is -0.375. The minimum Gasteiger partial charge on any atom is -0.465 e. The lowest BCUT2D eigenvalue weighted by Crippen LogP contribution is -2.46. The molecule has 2 fully saturated rings. The quantitative estimate of drug-likeness (QED) is 0.333. The van der Waals surface area contributed by atoms with Gasteiger partial charge in [-0.3, -0.25) is 9.69 Å². The number of likely N-dealkylation sites (tertiary alicyclic amines) is 1. The maximum absolute atomic E-state index is 12.0. The standard InChI is InChI=1S/C31H43N3O7/c1-4-39-28(36)17-33-31(37)32-16-22-7-13-25(14-8-22)30-40-27(18-34-15-5-6-26(34)20-38-3)21(2)29(41-30)24-11-9-23(19-35)10-12-24/h7-14,21,26-27,29-30,35H,4-6,15-20H2,1-3H3,(H2,32,33,37)/t21-,26-,27+,29+,30+/m0/s1. The number of aliphatic hydroxyl groups excluding tert-OH is 1. The lowest BCUT2D eigenvalue weighted by atomic mass is 9.90. The van der Waals surface area contributed by atoms with Gasteiger partial charge >= 0.3 is 12.0 Å². The number of carbonyl (C=O) groups excluding carboxylic acids is 2. The first kappa shape index (κ1) is 30.9. The van der Waals surface area contributed by atoms with Gasteiger partial charge in [0.1, 0.15) is 6.54 Å². The molecule has 3 N–H and O–H groups in total. The van der Waals surface area contributed by atoms with Crippen molar-refractivity contribution < 1.29 is 33.6 Å². The molecule has 2 aromatic rings. The maximum atomic E-state index is 12.0. The summed E-state index contributed by atoms with van der Waals surface area (Å²) in [7, 11) is 1.75. The van der Waals surface area contributed by atoms with Gasteiger partial charge in [-0.2, -0.15) is 0 Å². The zero-order valence-corrected chi connectivity index (χ0v) is 24.2. The Labute approximate surface area is 242 Å². The monoisotopic (exact) mass is 569 g/mol. The van der Waals surface area contributed by atoms with E-state index in [-0.39, 0.29) is 37.9 Å². The van der Waals surface area contributed by atoms with Crippen molar-refractivity contribution in [2.24, 2.45) is 5.92 Å². The van der Waals surface area contributed by atoms with Gasteiger partial charge in [0, 0.05) is 37.7 Å². The number of amides is 2. The Kier molecular flexibility index (Phi) is 11.5. The second-order valence-electron chi connectivity index (χ2n) is 10.7. The van der Waals surface area contributed by atoms with Crippen LogP contribution in [0.3, 0.4) is 0 Å². The number of urea groups is 1. The Morgan fingerprint density at radius 2 is 1.73 bits per heavy atom. The van der Waals surface area contributed by atoms with Gasteiger partial charge in [0.15, 0.2) is 6.29 Å². The van der Waals surface area contributed by atoms with E-state index in [1.54, 1.807) is 14.0 Å². The Hall–Kier alpha value is -3.02. The summed E-state index contributed by atoms with van der Waals surface area (Å²) < 4.78 is 23.5.